The van der Waals surface area contributed by atoms with Crippen LogP contribution in [-0.4, -0.2) is 31.6 Å². The van der Waals surface area contributed by atoms with Crippen molar-refractivity contribution in [1.29, 1.82) is 0 Å². The number of aromatic nitrogens is 4. The monoisotopic (exact) mass is 394 g/mol. The summed E-state index contributed by atoms with van der Waals surface area (Å²) in [6, 6.07) is 16.7. The van der Waals surface area contributed by atoms with Crippen LogP contribution in [0.5, 0.6) is 0 Å². The molecular weight excluding hydrogens is 364 g/mol. The molecule has 0 saturated heterocycles. The van der Waals surface area contributed by atoms with E-state index in [0.29, 0.717) is 13.1 Å². The second-order valence-electron chi connectivity index (χ2n) is 7.95. The van der Waals surface area contributed by atoms with Gasteiger partial charge in [0, 0.05) is 6.42 Å². The number of nitrogens with zero attached hydrogens (tertiary/aromatic N) is 4. The standard InChI is InChI=1S/C23H30N4O2/c1-18(28)14-26-16-24(20-8-3-5-10-22(20)26)12-7-13-25-17-27(15-19(2)29)23-11-6-4-9-21(23)25/h3-6,8-11,16-19,28-29H,7,12-15H2,1-2H3/q+2. The predicted octanol–water partition coefficient (Wildman–Crippen LogP) is 2.02. The molecule has 152 valence electrons. The summed E-state index contributed by atoms with van der Waals surface area (Å²) in [5, 5.41) is 19.6. The zero-order valence-corrected chi connectivity index (χ0v) is 17.1. The maximum Gasteiger partial charge on any atom is 0.244 e. The Morgan fingerprint density at radius 2 is 1.14 bits per heavy atom. The van der Waals surface area contributed by atoms with E-state index in [1.54, 1.807) is 0 Å². The molecule has 2 heterocycles. The SMILES string of the molecule is CC(O)C[n+]1cn(CCCn2c[n+](CC(C)O)c3ccccc32)c2ccccc21. The molecule has 4 aromatic rings. The van der Waals surface area contributed by atoms with Gasteiger partial charge < -0.3 is 10.2 Å². The summed E-state index contributed by atoms with van der Waals surface area (Å²) in [6.07, 6.45) is 4.45. The van der Waals surface area contributed by atoms with Gasteiger partial charge in [0.15, 0.2) is 22.1 Å². The van der Waals surface area contributed by atoms with Crippen LogP contribution in [0.25, 0.3) is 22.1 Å². The predicted molar refractivity (Wildman–Crippen MR) is 112 cm³/mol. The number of imidazole rings is 2. The molecule has 2 N–H and O–H groups in total. The van der Waals surface area contributed by atoms with Crippen molar-refractivity contribution < 1.29 is 19.3 Å². The lowest BCUT2D eigenvalue weighted by Gasteiger charge is -2.00. The van der Waals surface area contributed by atoms with Crippen LogP contribution in [-0.2, 0) is 26.2 Å². The molecule has 0 spiro atoms. The summed E-state index contributed by atoms with van der Waals surface area (Å²) in [6.45, 7) is 6.62. The van der Waals surface area contributed by atoms with Crippen molar-refractivity contribution in [3.8, 4) is 0 Å². The molecule has 6 nitrogen and oxygen atoms in total. The fraction of sp³-hybridized carbons (Fsp3) is 0.391. The quantitative estimate of drug-likeness (QED) is 0.449. The molecule has 0 aliphatic carbocycles. The second kappa shape index (κ2) is 8.35. The largest absolute Gasteiger partial charge is 0.389 e. The van der Waals surface area contributed by atoms with Gasteiger partial charge in [0.05, 0.1) is 25.3 Å². The van der Waals surface area contributed by atoms with Crippen LogP contribution in [0, 0.1) is 0 Å². The molecule has 0 radical (unpaired) electrons. The van der Waals surface area contributed by atoms with Gasteiger partial charge >= 0.3 is 0 Å². The number of fused-ring (bicyclic) bond motifs is 2. The zero-order chi connectivity index (χ0) is 20.4. The van der Waals surface area contributed by atoms with E-state index in [0.717, 1.165) is 30.5 Å². The Morgan fingerprint density at radius 1 is 0.724 bits per heavy atom. The van der Waals surface area contributed by atoms with Crippen molar-refractivity contribution in [2.45, 2.75) is 58.7 Å². The first-order valence-electron chi connectivity index (χ1n) is 10.3. The summed E-state index contributed by atoms with van der Waals surface area (Å²) in [5.74, 6) is 0. The Hall–Kier alpha value is -2.70. The van der Waals surface area contributed by atoms with E-state index >= 15 is 0 Å². The topological polar surface area (TPSA) is 58.1 Å². The summed E-state index contributed by atoms with van der Waals surface area (Å²) in [4.78, 5) is 0. The highest BCUT2D eigenvalue weighted by atomic mass is 16.3. The Labute approximate surface area is 170 Å². The molecule has 0 amide bonds. The number of hydrogen-bond acceptors (Lipinski definition) is 2. The van der Waals surface area contributed by atoms with Gasteiger partial charge in [0.1, 0.15) is 13.1 Å². The fourth-order valence-corrected chi connectivity index (χ4v) is 4.11. The highest BCUT2D eigenvalue weighted by Crippen LogP contribution is 2.14. The molecule has 0 aliphatic rings. The Kier molecular flexibility index (Phi) is 5.65. The van der Waals surface area contributed by atoms with Crippen LogP contribution < -0.4 is 9.13 Å². The highest BCUT2D eigenvalue weighted by Gasteiger charge is 2.19. The lowest BCUT2D eigenvalue weighted by Crippen LogP contribution is -2.37. The molecule has 0 saturated carbocycles. The van der Waals surface area contributed by atoms with Crippen LogP contribution in [0.4, 0.5) is 0 Å². The molecule has 2 aromatic carbocycles. The number of hydrogen-bond donors (Lipinski definition) is 2. The second-order valence-corrected chi connectivity index (χ2v) is 7.95. The molecule has 2 unspecified atom stereocenters. The molecule has 29 heavy (non-hydrogen) atoms. The van der Waals surface area contributed by atoms with Crippen LogP contribution in [0.15, 0.2) is 61.2 Å². The molecule has 4 rings (SSSR count). The van der Waals surface area contributed by atoms with E-state index < -0.39 is 0 Å². The molecule has 2 aromatic heterocycles. The van der Waals surface area contributed by atoms with Gasteiger partial charge in [-0.25, -0.2) is 18.3 Å². The minimum absolute atomic E-state index is 0.380. The molecule has 0 bridgehead atoms. The number of aliphatic hydroxyl groups is 2. The third-order valence-corrected chi connectivity index (χ3v) is 5.28. The smallest absolute Gasteiger partial charge is 0.244 e. The average Bonchev–Trinajstić information content (AvgIpc) is 3.20. The molecule has 0 fully saturated rings. The Morgan fingerprint density at radius 3 is 1.55 bits per heavy atom. The van der Waals surface area contributed by atoms with Crippen molar-refractivity contribution in [2.24, 2.45) is 0 Å². The number of para-hydroxylation sites is 4. The number of benzene rings is 2. The first-order chi connectivity index (χ1) is 14.0. The van der Waals surface area contributed by atoms with E-state index in [9.17, 15) is 10.2 Å². The van der Waals surface area contributed by atoms with Gasteiger partial charge in [0.2, 0.25) is 12.7 Å². The Bertz CT molecular complexity index is 1020. The van der Waals surface area contributed by atoms with Crippen molar-refractivity contribution in [1.82, 2.24) is 9.13 Å². The van der Waals surface area contributed by atoms with Gasteiger partial charge in [-0.1, -0.05) is 24.3 Å². The van der Waals surface area contributed by atoms with Gasteiger partial charge in [-0.3, -0.25) is 0 Å². The highest BCUT2D eigenvalue weighted by molar-refractivity contribution is 5.72. The molecule has 6 heteroatoms. The third kappa shape index (κ3) is 4.18. The molecule has 2 atom stereocenters. The molecular formula is C23H30N4O2+2. The minimum atomic E-state index is -0.380. The lowest BCUT2D eigenvalue weighted by molar-refractivity contribution is -0.678. The van der Waals surface area contributed by atoms with Crippen LogP contribution in [0.2, 0.25) is 0 Å². The van der Waals surface area contributed by atoms with Gasteiger partial charge in [0.25, 0.3) is 0 Å². The van der Waals surface area contributed by atoms with Crippen LogP contribution in [0.1, 0.15) is 20.3 Å². The summed E-state index contributed by atoms with van der Waals surface area (Å²) in [7, 11) is 0. The maximum absolute atomic E-state index is 9.81. The van der Waals surface area contributed by atoms with E-state index in [1.165, 1.54) is 11.0 Å². The average molecular weight is 395 g/mol. The number of aliphatic hydroxyl groups excluding tert-OH is 2. The first-order valence-corrected chi connectivity index (χ1v) is 10.3. The van der Waals surface area contributed by atoms with E-state index in [-0.39, 0.29) is 12.2 Å². The summed E-state index contributed by atoms with van der Waals surface area (Å²) < 4.78 is 8.80. The number of aryl methyl sites for hydroxylation is 2. The summed E-state index contributed by atoms with van der Waals surface area (Å²) in [5.41, 5.74) is 4.67. The van der Waals surface area contributed by atoms with Gasteiger partial charge in [-0.05, 0) is 38.1 Å². The fourth-order valence-electron chi connectivity index (χ4n) is 4.11. The van der Waals surface area contributed by atoms with Crippen molar-refractivity contribution >= 4 is 22.1 Å². The van der Waals surface area contributed by atoms with Crippen LogP contribution >= 0.6 is 0 Å². The first kappa shape index (κ1) is 19.6. The summed E-state index contributed by atoms with van der Waals surface area (Å²) >= 11 is 0. The Balaban J connectivity index is 1.54. The normalized spacial score (nSPS) is 13.9. The minimum Gasteiger partial charge on any atom is -0.389 e. The molecule has 0 aliphatic heterocycles. The van der Waals surface area contributed by atoms with E-state index in [2.05, 4.69) is 67.3 Å². The van der Waals surface area contributed by atoms with E-state index in [1.807, 2.05) is 26.0 Å². The lowest BCUT2D eigenvalue weighted by atomic mass is 10.3. The number of rotatable bonds is 8. The van der Waals surface area contributed by atoms with Gasteiger partial charge in [-0.2, -0.15) is 0 Å². The van der Waals surface area contributed by atoms with Crippen molar-refractivity contribution in [2.75, 3.05) is 0 Å². The zero-order valence-electron chi connectivity index (χ0n) is 17.1. The third-order valence-electron chi connectivity index (χ3n) is 5.28. The van der Waals surface area contributed by atoms with Crippen molar-refractivity contribution in [3.63, 3.8) is 0 Å². The van der Waals surface area contributed by atoms with Crippen LogP contribution in [0.3, 0.4) is 0 Å². The maximum atomic E-state index is 9.81. The van der Waals surface area contributed by atoms with E-state index in [4.69, 9.17) is 0 Å². The van der Waals surface area contributed by atoms with Crippen molar-refractivity contribution in [3.05, 3.63) is 61.2 Å². The van der Waals surface area contributed by atoms with Gasteiger partial charge in [-0.15, -0.1) is 0 Å².